The van der Waals surface area contributed by atoms with Crippen LogP contribution < -0.4 is 10.9 Å². The minimum absolute atomic E-state index is 0.0271. The van der Waals surface area contributed by atoms with Crippen LogP contribution in [0.5, 0.6) is 0 Å². The normalized spacial score (nSPS) is 18.9. The molecule has 2 heterocycles. The van der Waals surface area contributed by atoms with Crippen molar-refractivity contribution in [2.75, 3.05) is 13.1 Å². The molecule has 0 unspecified atom stereocenters. The molecule has 2 aromatic rings. The first-order valence-corrected chi connectivity index (χ1v) is 11.3. The van der Waals surface area contributed by atoms with Gasteiger partial charge in [-0.15, -0.1) is 0 Å². The van der Waals surface area contributed by atoms with Crippen molar-refractivity contribution < 1.29 is 14.7 Å². The third kappa shape index (κ3) is 5.16. The predicted octanol–water partition coefficient (Wildman–Crippen LogP) is 2.42. The molecule has 2 aliphatic rings. The van der Waals surface area contributed by atoms with Gasteiger partial charge in [0.2, 0.25) is 0 Å². The molecule has 0 radical (unpaired) electrons. The molecule has 1 aromatic carbocycles. The number of pyridine rings is 1. The minimum Gasteiger partial charge on any atom is -0.393 e. The number of aromatic nitrogens is 1. The highest BCUT2D eigenvalue weighted by Gasteiger charge is 2.32. The third-order valence-electron chi connectivity index (χ3n) is 6.40. The number of carbonyl (C=O) groups is 2. The molecule has 4 rings (SSSR count). The van der Waals surface area contributed by atoms with Crippen LogP contribution in [0.2, 0.25) is 0 Å². The number of nitrogens with zero attached hydrogens (tertiary/aromatic N) is 1. The van der Waals surface area contributed by atoms with E-state index in [4.69, 9.17) is 0 Å². The maximum absolute atomic E-state index is 12.6. The van der Waals surface area contributed by atoms with Crippen molar-refractivity contribution >= 4 is 11.7 Å². The fourth-order valence-corrected chi connectivity index (χ4v) is 4.57. The van der Waals surface area contributed by atoms with E-state index in [0.717, 1.165) is 38.0 Å². The number of benzene rings is 1. The number of piperidine rings is 1. The summed E-state index contributed by atoms with van der Waals surface area (Å²) in [6.45, 7) is 6.92. The predicted molar refractivity (Wildman–Crippen MR) is 122 cm³/mol. The summed E-state index contributed by atoms with van der Waals surface area (Å²) in [6.07, 6.45) is 2.46. The number of Topliss-reactive ketones (excluding diaryl/α,β-unsaturated/α-hetero) is 1. The number of H-pyrrole nitrogens is 1. The van der Waals surface area contributed by atoms with Crippen LogP contribution in [0.3, 0.4) is 0 Å². The van der Waals surface area contributed by atoms with Gasteiger partial charge >= 0.3 is 0 Å². The number of ketones is 1. The standard InChI is InChI=1S/C25H31N3O4/c1-25(2)12-21-19(22(30)13-25)11-20(24(32)27-21)23(31)26-14-16-3-5-17(6-4-16)15-28-9-7-18(29)8-10-28/h3-6,11,18,29H,7-10,12-15H2,1-2H3,(H,26,31)(H,27,32). The van der Waals surface area contributed by atoms with Crippen LogP contribution in [0.1, 0.15) is 70.6 Å². The van der Waals surface area contributed by atoms with Crippen molar-refractivity contribution in [3.63, 3.8) is 0 Å². The SMILES string of the molecule is CC1(C)CC(=O)c2cc(C(=O)NCc3ccc(CN4CCC(O)CC4)cc3)c(=O)[nH]c2C1. The van der Waals surface area contributed by atoms with Crippen molar-refractivity contribution in [3.05, 3.63) is 68.6 Å². The van der Waals surface area contributed by atoms with Gasteiger partial charge in [-0.3, -0.25) is 19.3 Å². The van der Waals surface area contributed by atoms with Gasteiger partial charge < -0.3 is 15.4 Å². The number of aliphatic hydroxyl groups is 1. The number of aromatic amines is 1. The van der Waals surface area contributed by atoms with Gasteiger partial charge in [0.25, 0.3) is 11.5 Å². The van der Waals surface area contributed by atoms with E-state index in [1.807, 2.05) is 38.1 Å². The van der Waals surface area contributed by atoms with Crippen LogP contribution in [-0.2, 0) is 19.5 Å². The zero-order chi connectivity index (χ0) is 22.9. The van der Waals surface area contributed by atoms with Crippen LogP contribution in [0.25, 0.3) is 0 Å². The Kier molecular flexibility index (Phi) is 6.31. The minimum atomic E-state index is -0.484. The van der Waals surface area contributed by atoms with Crippen molar-refractivity contribution in [1.82, 2.24) is 15.2 Å². The molecule has 170 valence electrons. The molecule has 1 fully saturated rings. The second-order valence-electron chi connectivity index (χ2n) is 9.85. The number of aliphatic hydroxyl groups excluding tert-OH is 1. The molecule has 1 aliphatic heterocycles. The fraction of sp³-hybridized carbons (Fsp3) is 0.480. The van der Waals surface area contributed by atoms with E-state index in [9.17, 15) is 19.5 Å². The Morgan fingerprint density at radius 3 is 2.47 bits per heavy atom. The Bertz CT molecular complexity index is 1060. The van der Waals surface area contributed by atoms with E-state index in [1.54, 1.807) is 0 Å². The molecule has 0 atom stereocenters. The summed E-state index contributed by atoms with van der Waals surface area (Å²) in [5.41, 5.74) is 2.50. The van der Waals surface area contributed by atoms with E-state index in [-0.39, 0.29) is 22.9 Å². The highest BCUT2D eigenvalue weighted by Crippen LogP contribution is 2.33. The van der Waals surface area contributed by atoms with Crippen LogP contribution in [0.4, 0.5) is 0 Å². The first kappa shape index (κ1) is 22.4. The zero-order valence-corrected chi connectivity index (χ0v) is 18.7. The Morgan fingerprint density at radius 2 is 1.78 bits per heavy atom. The van der Waals surface area contributed by atoms with E-state index in [0.29, 0.717) is 30.6 Å². The lowest BCUT2D eigenvalue weighted by atomic mass is 9.75. The first-order valence-electron chi connectivity index (χ1n) is 11.3. The summed E-state index contributed by atoms with van der Waals surface area (Å²) in [5, 5.41) is 12.4. The smallest absolute Gasteiger partial charge is 0.261 e. The summed E-state index contributed by atoms with van der Waals surface area (Å²) in [5.74, 6) is -0.525. The van der Waals surface area contributed by atoms with Gasteiger partial charge in [-0.1, -0.05) is 38.1 Å². The molecule has 1 aromatic heterocycles. The number of fused-ring (bicyclic) bond motifs is 1. The number of hydrogen-bond donors (Lipinski definition) is 3. The monoisotopic (exact) mass is 437 g/mol. The molecule has 7 nitrogen and oxygen atoms in total. The molecule has 7 heteroatoms. The van der Waals surface area contributed by atoms with Crippen molar-refractivity contribution in [2.24, 2.45) is 5.41 Å². The van der Waals surface area contributed by atoms with Gasteiger partial charge in [0.15, 0.2) is 5.78 Å². The highest BCUT2D eigenvalue weighted by molar-refractivity contribution is 6.02. The van der Waals surface area contributed by atoms with E-state index in [1.165, 1.54) is 11.6 Å². The quantitative estimate of drug-likeness (QED) is 0.667. The number of nitrogens with one attached hydrogen (secondary N) is 2. The van der Waals surface area contributed by atoms with Crippen molar-refractivity contribution in [2.45, 2.75) is 58.7 Å². The average molecular weight is 438 g/mol. The Balaban J connectivity index is 1.37. The lowest BCUT2D eigenvalue weighted by molar-refractivity contribution is 0.0792. The van der Waals surface area contributed by atoms with E-state index in [2.05, 4.69) is 15.2 Å². The topological polar surface area (TPSA) is 102 Å². The van der Waals surface area contributed by atoms with E-state index < -0.39 is 11.5 Å². The number of rotatable bonds is 5. The fourth-order valence-electron chi connectivity index (χ4n) is 4.57. The molecule has 1 aliphatic carbocycles. The summed E-state index contributed by atoms with van der Waals surface area (Å²) < 4.78 is 0. The number of carbonyl (C=O) groups excluding carboxylic acids is 2. The summed E-state index contributed by atoms with van der Waals surface area (Å²) in [4.78, 5) is 42.7. The average Bonchev–Trinajstić information content (AvgIpc) is 2.73. The molecule has 1 saturated heterocycles. The van der Waals surface area contributed by atoms with Gasteiger partial charge in [0.05, 0.1) is 6.10 Å². The molecule has 0 bridgehead atoms. The van der Waals surface area contributed by atoms with Gasteiger partial charge in [0, 0.05) is 43.9 Å². The number of likely N-dealkylation sites (tertiary alicyclic amines) is 1. The molecular formula is C25H31N3O4. The largest absolute Gasteiger partial charge is 0.393 e. The highest BCUT2D eigenvalue weighted by atomic mass is 16.3. The molecule has 0 spiro atoms. The lowest BCUT2D eigenvalue weighted by Gasteiger charge is -2.29. The molecule has 32 heavy (non-hydrogen) atoms. The molecule has 0 saturated carbocycles. The summed E-state index contributed by atoms with van der Waals surface area (Å²) >= 11 is 0. The van der Waals surface area contributed by atoms with Gasteiger partial charge in [-0.25, -0.2) is 0 Å². The molecule has 3 N–H and O–H groups in total. The number of amides is 1. The Hall–Kier alpha value is -2.77. The van der Waals surface area contributed by atoms with Gasteiger partial charge in [-0.2, -0.15) is 0 Å². The molecular weight excluding hydrogens is 406 g/mol. The Labute approximate surface area is 187 Å². The maximum atomic E-state index is 12.6. The maximum Gasteiger partial charge on any atom is 0.261 e. The lowest BCUT2D eigenvalue weighted by Crippen LogP contribution is -2.35. The zero-order valence-electron chi connectivity index (χ0n) is 18.7. The summed E-state index contributed by atoms with van der Waals surface area (Å²) in [7, 11) is 0. The van der Waals surface area contributed by atoms with Gasteiger partial charge in [0.1, 0.15) is 5.56 Å². The van der Waals surface area contributed by atoms with Gasteiger partial charge in [-0.05, 0) is 41.9 Å². The van der Waals surface area contributed by atoms with Crippen molar-refractivity contribution in [1.29, 1.82) is 0 Å². The number of hydrogen-bond acceptors (Lipinski definition) is 5. The van der Waals surface area contributed by atoms with Crippen molar-refractivity contribution in [3.8, 4) is 0 Å². The first-order chi connectivity index (χ1) is 15.2. The van der Waals surface area contributed by atoms with Crippen LogP contribution in [-0.4, -0.2) is 45.9 Å². The van der Waals surface area contributed by atoms with E-state index >= 15 is 0 Å². The summed E-state index contributed by atoms with van der Waals surface area (Å²) in [6, 6.07) is 9.46. The van der Waals surface area contributed by atoms with Crippen LogP contribution in [0, 0.1) is 5.41 Å². The van der Waals surface area contributed by atoms with Crippen LogP contribution >= 0.6 is 0 Å². The van der Waals surface area contributed by atoms with Crippen LogP contribution in [0.15, 0.2) is 35.1 Å². The third-order valence-corrected chi connectivity index (χ3v) is 6.40. The Morgan fingerprint density at radius 1 is 1.12 bits per heavy atom. The molecule has 1 amide bonds. The second kappa shape index (κ2) is 9.00. The second-order valence-corrected chi connectivity index (χ2v) is 9.85.